The van der Waals surface area contributed by atoms with Gasteiger partial charge >= 0.3 is 5.97 Å². The Morgan fingerprint density at radius 2 is 1.86 bits per heavy atom. The minimum atomic E-state index is -0.415. The number of benzene rings is 2. The Bertz CT molecular complexity index is 593. The smallest absolute Gasteiger partial charge is 0.338 e. The van der Waals surface area contributed by atoms with Crippen LogP contribution < -0.4 is 4.74 Å². The van der Waals surface area contributed by atoms with Gasteiger partial charge in [-0.05, 0) is 42.3 Å². The van der Waals surface area contributed by atoms with Crippen LogP contribution in [0.4, 0.5) is 0 Å². The zero-order valence-electron chi connectivity index (χ0n) is 11.9. The summed E-state index contributed by atoms with van der Waals surface area (Å²) in [5, 5.41) is 9.19. The summed E-state index contributed by atoms with van der Waals surface area (Å²) in [6, 6.07) is 14.5. The molecule has 0 saturated carbocycles. The molecule has 4 heteroatoms. The molecule has 0 radical (unpaired) electrons. The minimum absolute atomic E-state index is 0.0932. The first kappa shape index (κ1) is 15.1. The Balaban J connectivity index is 1.82. The third kappa shape index (κ3) is 4.33. The Labute approximate surface area is 123 Å². The summed E-state index contributed by atoms with van der Waals surface area (Å²) in [6.45, 7) is 2.27. The molecular formula is C17H18O4. The van der Waals surface area contributed by atoms with Gasteiger partial charge in [0, 0.05) is 0 Å². The normalized spacial score (nSPS) is 10.2. The zero-order valence-corrected chi connectivity index (χ0v) is 11.9. The highest BCUT2D eigenvalue weighted by molar-refractivity contribution is 5.89. The topological polar surface area (TPSA) is 55.8 Å². The van der Waals surface area contributed by atoms with Crippen molar-refractivity contribution >= 4 is 5.97 Å². The van der Waals surface area contributed by atoms with Gasteiger partial charge in [0.25, 0.3) is 0 Å². The van der Waals surface area contributed by atoms with Gasteiger partial charge in [0.2, 0.25) is 0 Å². The lowest BCUT2D eigenvalue weighted by Crippen LogP contribution is -2.12. The molecule has 0 aliphatic carbocycles. The van der Waals surface area contributed by atoms with E-state index in [0.29, 0.717) is 12.2 Å². The summed E-state index contributed by atoms with van der Waals surface area (Å²) in [4.78, 5) is 11.9. The van der Waals surface area contributed by atoms with Crippen LogP contribution >= 0.6 is 0 Å². The summed E-state index contributed by atoms with van der Waals surface area (Å²) < 4.78 is 10.6. The molecule has 0 heterocycles. The van der Waals surface area contributed by atoms with E-state index in [9.17, 15) is 9.90 Å². The van der Waals surface area contributed by atoms with E-state index in [-0.39, 0.29) is 13.2 Å². The van der Waals surface area contributed by atoms with Crippen LogP contribution in [0.5, 0.6) is 5.75 Å². The number of esters is 1. The summed E-state index contributed by atoms with van der Waals surface area (Å²) >= 11 is 0. The number of carbonyl (C=O) groups is 1. The highest BCUT2D eigenvalue weighted by Gasteiger charge is 2.09. The predicted octanol–water partition coefficient (Wildman–Crippen LogP) is 2.72. The molecule has 0 bridgehead atoms. The van der Waals surface area contributed by atoms with Gasteiger partial charge in [-0.3, -0.25) is 0 Å². The van der Waals surface area contributed by atoms with Gasteiger partial charge < -0.3 is 14.6 Å². The van der Waals surface area contributed by atoms with Crippen molar-refractivity contribution in [3.05, 3.63) is 65.2 Å². The van der Waals surface area contributed by atoms with Crippen molar-refractivity contribution < 1.29 is 19.4 Å². The molecule has 0 spiro atoms. The number of aryl methyl sites for hydroxylation is 1. The second-order valence-electron chi connectivity index (χ2n) is 4.60. The number of carbonyl (C=O) groups excluding carboxylic acids is 1. The largest absolute Gasteiger partial charge is 0.490 e. The van der Waals surface area contributed by atoms with Crippen molar-refractivity contribution in [2.45, 2.75) is 13.5 Å². The van der Waals surface area contributed by atoms with Gasteiger partial charge in [-0.15, -0.1) is 0 Å². The molecule has 2 rings (SSSR count). The highest BCUT2D eigenvalue weighted by atomic mass is 16.6. The van der Waals surface area contributed by atoms with Gasteiger partial charge in [0.1, 0.15) is 19.0 Å². The average molecular weight is 286 g/mol. The fraction of sp³-hybridized carbons (Fsp3) is 0.235. The molecule has 0 aliphatic heterocycles. The molecule has 0 unspecified atom stereocenters. The van der Waals surface area contributed by atoms with E-state index in [1.165, 1.54) is 0 Å². The van der Waals surface area contributed by atoms with E-state index >= 15 is 0 Å². The minimum Gasteiger partial charge on any atom is -0.490 e. The van der Waals surface area contributed by atoms with Crippen LogP contribution in [-0.2, 0) is 11.3 Å². The quantitative estimate of drug-likeness (QED) is 0.655. The van der Waals surface area contributed by atoms with Crippen molar-refractivity contribution in [3.8, 4) is 5.75 Å². The van der Waals surface area contributed by atoms with Crippen molar-refractivity contribution in [1.29, 1.82) is 0 Å². The number of para-hydroxylation sites is 1. The van der Waals surface area contributed by atoms with Crippen molar-refractivity contribution in [2.24, 2.45) is 0 Å². The molecule has 110 valence electrons. The number of aliphatic hydroxyl groups is 1. The molecule has 0 aromatic heterocycles. The van der Waals surface area contributed by atoms with Crippen LogP contribution in [0.15, 0.2) is 48.5 Å². The Morgan fingerprint density at radius 1 is 1.10 bits per heavy atom. The third-order valence-electron chi connectivity index (χ3n) is 3.08. The Kier molecular flexibility index (Phi) is 5.35. The fourth-order valence-corrected chi connectivity index (χ4v) is 1.86. The third-order valence-corrected chi connectivity index (χ3v) is 3.08. The van der Waals surface area contributed by atoms with Crippen LogP contribution in [0.3, 0.4) is 0 Å². The summed E-state index contributed by atoms with van der Waals surface area (Å²) in [7, 11) is 0. The first-order valence-corrected chi connectivity index (χ1v) is 6.76. The summed E-state index contributed by atoms with van der Waals surface area (Å²) in [6.07, 6.45) is 0. The molecule has 4 nitrogen and oxygen atoms in total. The standard InChI is InChI=1S/C17H18O4/c1-13-7-8-14(11-15(13)12-18)17(19)21-10-9-20-16-5-3-2-4-6-16/h2-8,11,18H,9-10,12H2,1H3. The SMILES string of the molecule is Cc1ccc(C(=O)OCCOc2ccccc2)cc1CO. The van der Waals surface area contributed by atoms with Gasteiger partial charge in [-0.25, -0.2) is 4.79 Å². The van der Waals surface area contributed by atoms with E-state index in [1.807, 2.05) is 37.3 Å². The Hall–Kier alpha value is -2.33. The summed E-state index contributed by atoms with van der Waals surface area (Å²) in [5.41, 5.74) is 2.11. The van der Waals surface area contributed by atoms with Crippen LogP contribution in [0.2, 0.25) is 0 Å². The van der Waals surface area contributed by atoms with Crippen molar-refractivity contribution in [1.82, 2.24) is 0 Å². The van der Waals surface area contributed by atoms with Gasteiger partial charge in [-0.2, -0.15) is 0 Å². The maximum Gasteiger partial charge on any atom is 0.338 e. The number of rotatable bonds is 6. The molecule has 2 aromatic rings. The number of hydrogen-bond acceptors (Lipinski definition) is 4. The number of hydrogen-bond donors (Lipinski definition) is 1. The van der Waals surface area contributed by atoms with E-state index in [4.69, 9.17) is 9.47 Å². The molecule has 0 atom stereocenters. The lowest BCUT2D eigenvalue weighted by molar-refractivity contribution is 0.0450. The van der Waals surface area contributed by atoms with Gasteiger partial charge in [0.15, 0.2) is 0 Å². The van der Waals surface area contributed by atoms with Crippen LogP contribution in [0.25, 0.3) is 0 Å². The van der Waals surface area contributed by atoms with E-state index in [0.717, 1.165) is 16.9 Å². The molecule has 0 saturated heterocycles. The maximum atomic E-state index is 11.9. The monoisotopic (exact) mass is 286 g/mol. The second kappa shape index (κ2) is 7.45. The van der Waals surface area contributed by atoms with Crippen LogP contribution in [0.1, 0.15) is 21.5 Å². The van der Waals surface area contributed by atoms with Crippen LogP contribution in [0, 0.1) is 6.92 Å². The number of ether oxygens (including phenoxy) is 2. The average Bonchev–Trinajstić information content (AvgIpc) is 2.53. The first-order chi connectivity index (χ1) is 10.2. The van der Waals surface area contributed by atoms with Gasteiger partial charge in [-0.1, -0.05) is 24.3 Å². The van der Waals surface area contributed by atoms with Crippen LogP contribution in [-0.4, -0.2) is 24.3 Å². The molecule has 0 amide bonds. The van der Waals surface area contributed by atoms with E-state index < -0.39 is 5.97 Å². The predicted molar refractivity (Wildman–Crippen MR) is 79.3 cm³/mol. The van der Waals surface area contributed by atoms with E-state index in [2.05, 4.69) is 0 Å². The highest BCUT2D eigenvalue weighted by Crippen LogP contribution is 2.12. The number of aliphatic hydroxyl groups excluding tert-OH is 1. The van der Waals surface area contributed by atoms with Gasteiger partial charge in [0.05, 0.1) is 12.2 Å². The molecule has 21 heavy (non-hydrogen) atoms. The zero-order chi connectivity index (χ0) is 15.1. The molecular weight excluding hydrogens is 268 g/mol. The van der Waals surface area contributed by atoms with Crippen molar-refractivity contribution in [2.75, 3.05) is 13.2 Å². The maximum absolute atomic E-state index is 11.9. The van der Waals surface area contributed by atoms with Crippen molar-refractivity contribution in [3.63, 3.8) is 0 Å². The lowest BCUT2D eigenvalue weighted by Gasteiger charge is -2.09. The fourth-order valence-electron chi connectivity index (χ4n) is 1.86. The second-order valence-corrected chi connectivity index (χ2v) is 4.60. The summed E-state index contributed by atoms with van der Waals surface area (Å²) in [5.74, 6) is 0.327. The molecule has 2 aromatic carbocycles. The lowest BCUT2D eigenvalue weighted by atomic mass is 10.1. The molecule has 0 fully saturated rings. The molecule has 1 N–H and O–H groups in total. The first-order valence-electron chi connectivity index (χ1n) is 6.76. The Morgan fingerprint density at radius 3 is 2.57 bits per heavy atom. The molecule has 0 aliphatic rings. The van der Waals surface area contributed by atoms with E-state index in [1.54, 1.807) is 18.2 Å².